The number of allylic oxidation sites excluding steroid dienone is 3. The average molecular weight is 285 g/mol. The molecule has 1 heterocycles. The van der Waals surface area contributed by atoms with E-state index in [9.17, 15) is 0 Å². The fourth-order valence-electron chi connectivity index (χ4n) is 2.07. The van der Waals surface area contributed by atoms with Gasteiger partial charge in [-0.15, -0.1) is 5.73 Å². The van der Waals surface area contributed by atoms with Crippen molar-refractivity contribution >= 4 is 11.5 Å². The molecule has 22 heavy (non-hydrogen) atoms. The van der Waals surface area contributed by atoms with Crippen molar-refractivity contribution < 1.29 is 0 Å². The Bertz CT molecular complexity index is 821. The Hall–Kier alpha value is -3.25. The molecule has 1 aliphatic carbocycles. The van der Waals surface area contributed by atoms with Crippen LogP contribution in [0.3, 0.4) is 0 Å². The number of hydrogen-bond donors (Lipinski definition) is 2. The van der Waals surface area contributed by atoms with Gasteiger partial charge in [0.25, 0.3) is 0 Å². The molecule has 3 nitrogen and oxygen atoms in total. The Morgan fingerprint density at radius 3 is 2.77 bits per heavy atom. The molecule has 2 aliphatic rings. The minimum absolute atomic E-state index is 0.415. The first kappa shape index (κ1) is 13.7. The van der Waals surface area contributed by atoms with Gasteiger partial charge >= 0.3 is 0 Å². The summed E-state index contributed by atoms with van der Waals surface area (Å²) in [5.41, 5.74) is 15.7. The van der Waals surface area contributed by atoms with E-state index in [1.165, 1.54) is 0 Å². The van der Waals surface area contributed by atoms with Crippen molar-refractivity contribution in [3.63, 3.8) is 0 Å². The van der Waals surface area contributed by atoms with Crippen LogP contribution in [0.1, 0.15) is 5.56 Å². The van der Waals surface area contributed by atoms with Gasteiger partial charge in [0.05, 0.1) is 11.4 Å². The van der Waals surface area contributed by atoms with E-state index in [2.05, 4.69) is 21.8 Å². The van der Waals surface area contributed by atoms with E-state index in [1.54, 1.807) is 6.08 Å². The lowest BCUT2D eigenvalue weighted by Gasteiger charge is -2.10. The Morgan fingerprint density at radius 2 is 1.91 bits per heavy atom. The highest BCUT2D eigenvalue weighted by Crippen LogP contribution is 2.17. The maximum Gasteiger partial charge on any atom is 0.131 e. The fraction of sp³-hybridized carbons (Fsp3) is 0. The van der Waals surface area contributed by atoms with Crippen molar-refractivity contribution in [2.75, 3.05) is 0 Å². The summed E-state index contributed by atoms with van der Waals surface area (Å²) in [5.74, 6) is 0.415. The highest BCUT2D eigenvalue weighted by Gasteiger charge is 2.05. The monoisotopic (exact) mass is 285 g/mol. The van der Waals surface area contributed by atoms with Gasteiger partial charge in [-0.3, -0.25) is 0 Å². The molecule has 1 aromatic carbocycles. The zero-order chi connectivity index (χ0) is 15.2. The summed E-state index contributed by atoms with van der Waals surface area (Å²) >= 11 is 0. The molecule has 0 bridgehead atoms. The standard InChI is InChI=1S/C19H15N3/c20-19-13-12-17(15-8-4-1-2-5-9-15)21-14-18(22-19)16-10-6-3-7-11-16/h1-4,6-11,13-14,21H,(H2,20,22)/b18-14-. The van der Waals surface area contributed by atoms with Gasteiger partial charge in [-0.2, -0.15) is 0 Å². The van der Waals surface area contributed by atoms with Crippen molar-refractivity contribution in [3.8, 4) is 0 Å². The number of benzene rings is 1. The van der Waals surface area contributed by atoms with Crippen molar-refractivity contribution in [2.24, 2.45) is 10.7 Å². The van der Waals surface area contributed by atoms with Crippen LogP contribution >= 0.6 is 0 Å². The van der Waals surface area contributed by atoms with E-state index >= 15 is 0 Å². The minimum atomic E-state index is 0.415. The molecule has 0 atom stereocenters. The molecule has 0 saturated heterocycles. The van der Waals surface area contributed by atoms with Crippen LogP contribution < -0.4 is 11.1 Å². The molecular weight excluding hydrogens is 270 g/mol. The molecule has 1 aromatic rings. The van der Waals surface area contributed by atoms with Gasteiger partial charge in [-0.25, -0.2) is 4.99 Å². The first-order valence-electron chi connectivity index (χ1n) is 6.96. The maximum atomic E-state index is 5.94. The Kier molecular flexibility index (Phi) is 4.03. The third-order valence-electron chi connectivity index (χ3n) is 3.14. The topological polar surface area (TPSA) is 50.4 Å². The molecule has 0 radical (unpaired) electrons. The van der Waals surface area contributed by atoms with E-state index in [4.69, 9.17) is 5.73 Å². The zero-order valence-corrected chi connectivity index (χ0v) is 12.0. The highest BCUT2D eigenvalue weighted by atomic mass is 14.9. The van der Waals surface area contributed by atoms with E-state index < -0.39 is 0 Å². The maximum absolute atomic E-state index is 5.94. The number of nitrogens with zero attached hydrogens (tertiary/aromatic N) is 1. The molecule has 3 heteroatoms. The predicted molar refractivity (Wildman–Crippen MR) is 90.6 cm³/mol. The van der Waals surface area contributed by atoms with Gasteiger partial charge in [0.2, 0.25) is 0 Å². The first-order chi connectivity index (χ1) is 10.8. The SMILES string of the molecule is N/C1=N/C(c2ccccc2)=C\NC(C2=CC=CC=C=C2)=C=C1. The summed E-state index contributed by atoms with van der Waals surface area (Å²) in [6.07, 6.45) is 13.1. The number of nitrogens with one attached hydrogen (secondary N) is 1. The van der Waals surface area contributed by atoms with Crippen LogP contribution in [0.2, 0.25) is 0 Å². The van der Waals surface area contributed by atoms with Crippen LogP contribution in [0.25, 0.3) is 5.70 Å². The number of hydrogen-bond acceptors (Lipinski definition) is 3. The molecule has 0 spiro atoms. The Balaban J connectivity index is 1.99. The molecule has 0 amide bonds. The van der Waals surface area contributed by atoms with Crippen LogP contribution in [-0.4, -0.2) is 5.84 Å². The van der Waals surface area contributed by atoms with Gasteiger partial charge in [0, 0.05) is 23.4 Å². The van der Waals surface area contributed by atoms with Crippen LogP contribution in [0.4, 0.5) is 0 Å². The number of aliphatic imine (C=N–C) groups is 1. The highest BCUT2D eigenvalue weighted by molar-refractivity contribution is 5.95. The van der Waals surface area contributed by atoms with Crippen LogP contribution in [0, 0.1) is 0 Å². The second-order valence-corrected chi connectivity index (χ2v) is 4.72. The van der Waals surface area contributed by atoms with Crippen molar-refractivity contribution in [2.45, 2.75) is 0 Å². The van der Waals surface area contributed by atoms with Crippen molar-refractivity contribution in [1.29, 1.82) is 0 Å². The van der Waals surface area contributed by atoms with Crippen molar-refractivity contribution in [3.05, 3.63) is 101 Å². The fourth-order valence-corrected chi connectivity index (χ4v) is 2.07. The second kappa shape index (κ2) is 6.47. The molecule has 106 valence electrons. The van der Waals surface area contributed by atoms with E-state index in [0.717, 1.165) is 22.5 Å². The van der Waals surface area contributed by atoms with Gasteiger partial charge in [0.1, 0.15) is 5.84 Å². The Labute approximate surface area is 129 Å². The lowest BCUT2D eigenvalue weighted by molar-refractivity contribution is 1.09. The summed E-state index contributed by atoms with van der Waals surface area (Å²) < 4.78 is 0. The average Bonchev–Trinajstić information content (AvgIpc) is 2.81. The minimum Gasteiger partial charge on any atom is -0.383 e. The summed E-state index contributed by atoms with van der Waals surface area (Å²) in [5, 5.41) is 3.25. The van der Waals surface area contributed by atoms with E-state index in [1.807, 2.05) is 66.9 Å². The normalized spacial score (nSPS) is 21.3. The third-order valence-corrected chi connectivity index (χ3v) is 3.14. The quantitative estimate of drug-likeness (QED) is 0.820. The molecule has 3 N–H and O–H groups in total. The first-order valence-corrected chi connectivity index (χ1v) is 6.96. The largest absolute Gasteiger partial charge is 0.383 e. The van der Waals surface area contributed by atoms with Gasteiger partial charge in [-0.05, 0) is 12.2 Å². The smallest absolute Gasteiger partial charge is 0.131 e. The molecule has 0 unspecified atom stereocenters. The number of amidine groups is 1. The van der Waals surface area contributed by atoms with E-state index in [-0.39, 0.29) is 0 Å². The molecule has 1 aliphatic heterocycles. The third kappa shape index (κ3) is 3.25. The van der Waals surface area contributed by atoms with Crippen molar-refractivity contribution in [1.82, 2.24) is 5.32 Å². The van der Waals surface area contributed by atoms with E-state index in [0.29, 0.717) is 5.84 Å². The van der Waals surface area contributed by atoms with Crippen LogP contribution in [-0.2, 0) is 0 Å². The predicted octanol–water partition coefficient (Wildman–Crippen LogP) is 3.19. The molecule has 0 aromatic heterocycles. The lowest BCUT2D eigenvalue weighted by atomic mass is 10.1. The Morgan fingerprint density at radius 1 is 1.05 bits per heavy atom. The number of nitrogens with two attached hydrogens (primary N) is 1. The summed E-state index contributed by atoms with van der Waals surface area (Å²) in [6, 6.07) is 9.90. The summed E-state index contributed by atoms with van der Waals surface area (Å²) in [4.78, 5) is 4.40. The lowest BCUT2D eigenvalue weighted by Crippen LogP contribution is -2.13. The van der Waals surface area contributed by atoms with Gasteiger partial charge < -0.3 is 11.1 Å². The second-order valence-electron chi connectivity index (χ2n) is 4.72. The molecule has 3 rings (SSSR count). The zero-order valence-electron chi connectivity index (χ0n) is 12.0. The summed E-state index contributed by atoms with van der Waals surface area (Å²) in [7, 11) is 0. The summed E-state index contributed by atoms with van der Waals surface area (Å²) in [6.45, 7) is 0. The van der Waals surface area contributed by atoms with Gasteiger partial charge in [0.15, 0.2) is 0 Å². The molecule has 0 fully saturated rings. The number of rotatable bonds is 2. The molecular formula is C19H15N3. The van der Waals surface area contributed by atoms with Gasteiger partial charge in [-0.1, -0.05) is 54.3 Å². The molecule has 0 saturated carbocycles. The van der Waals surface area contributed by atoms with Crippen LogP contribution in [0.15, 0.2) is 101 Å². The van der Waals surface area contributed by atoms with Crippen LogP contribution in [0.5, 0.6) is 0 Å².